The molecule has 2 aromatic rings. The van der Waals surface area contributed by atoms with Crippen LogP contribution in [0.15, 0.2) is 18.2 Å². The molecule has 0 saturated heterocycles. The number of fused-ring (bicyclic) bond motifs is 1. The molecular weight excluding hydrogens is 332 g/mol. The number of aryl methyl sites for hydroxylation is 1. The normalized spacial score (nSPS) is 18.0. The smallest absolute Gasteiger partial charge is 0.338 e. The van der Waals surface area contributed by atoms with Crippen molar-refractivity contribution in [2.24, 2.45) is 7.05 Å². The van der Waals surface area contributed by atoms with Crippen LogP contribution in [0.3, 0.4) is 0 Å². The Bertz CT molecular complexity index is 931. The lowest BCUT2D eigenvalue weighted by molar-refractivity contribution is 0.0458. The number of hydrogen-bond donors (Lipinski definition) is 1. The molecule has 0 atom stereocenters. The molecule has 1 fully saturated rings. The first-order valence-corrected chi connectivity index (χ1v) is 9.27. The quantitative estimate of drug-likeness (QED) is 0.836. The van der Waals surface area contributed by atoms with E-state index in [4.69, 9.17) is 4.74 Å². The van der Waals surface area contributed by atoms with E-state index in [1.807, 2.05) is 0 Å². The summed E-state index contributed by atoms with van der Waals surface area (Å²) in [5.74, 6) is 1.23. The van der Waals surface area contributed by atoms with Crippen LogP contribution in [-0.4, -0.2) is 29.2 Å². The van der Waals surface area contributed by atoms with Crippen LogP contribution in [0.2, 0.25) is 0 Å². The van der Waals surface area contributed by atoms with Gasteiger partial charge in [-0.05, 0) is 30.5 Å². The third-order valence-corrected chi connectivity index (χ3v) is 5.32. The van der Waals surface area contributed by atoms with Gasteiger partial charge >= 0.3 is 5.97 Å². The molecule has 1 aromatic heterocycles. The van der Waals surface area contributed by atoms with Gasteiger partial charge in [-0.3, -0.25) is 4.72 Å². The Balaban J connectivity index is 1.45. The number of nitrogens with one attached hydrogen (secondary N) is 1. The second kappa shape index (κ2) is 5.30. The number of nitrogens with zero attached hydrogens (tertiary/aromatic N) is 3. The minimum Gasteiger partial charge on any atom is -0.454 e. The fraction of sp³-hybridized carbons (Fsp3) is 0.400. The Morgan fingerprint density at radius 3 is 2.96 bits per heavy atom. The first-order valence-electron chi connectivity index (χ1n) is 7.62. The molecule has 0 unspecified atom stereocenters. The molecule has 4 rings (SSSR count). The molecule has 1 saturated carbocycles. The van der Waals surface area contributed by atoms with Crippen LogP contribution >= 0.6 is 0 Å². The van der Waals surface area contributed by atoms with E-state index in [0.29, 0.717) is 28.6 Å². The molecule has 8 nitrogen and oxygen atoms in total. The molecule has 0 radical (unpaired) electrons. The minimum atomic E-state index is -3.33. The maximum Gasteiger partial charge on any atom is 0.338 e. The van der Waals surface area contributed by atoms with Gasteiger partial charge in [-0.15, -0.1) is 0 Å². The molecule has 0 spiro atoms. The Labute approximate surface area is 138 Å². The molecule has 1 aromatic carbocycles. The lowest BCUT2D eigenvalue weighted by Gasteiger charge is -2.05. The SMILES string of the molecule is Cn1nc(C2CC2)nc1COC(=O)c1ccc2c(c1)NS(=O)(=O)C2. The first-order chi connectivity index (χ1) is 11.4. The highest BCUT2D eigenvalue weighted by Crippen LogP contribution is 2.38. The number of ether oxygens (including phenoxy) is 1. The van der Waals surface area contributed by atoms with Crippen molar-refractivity contribution >= 4 is 21.7 Å². The number of aromatic nitrogens is 3. The molecule has 1 aliphatic heterocycles. The zero-order chi connectivity index (χ0) is 16.9. The van der Waals surface area contributed by atoms with Gasteiger partial charge in [-0.1, -0.05) is 6.07 Å². The summed E-state index contributed by atoms with van der Waals surface area (Å²) < 4.78 is 32.4. The average Bonchev–Trinajstić information content (AvgIpc) is 3.23. The van der Waals surface area contributed by atoms with Gasteiger partial charge in [0.2, 0.25) is 10.0 Å². The molecule has 1 N–H and O–H groups in total. The highest BCUT2D eigenvalue weighted by molar-refractivity contribution is 7.92. The number of rotatable bonds is 4. The second-order valence-electron chi connectivity index (χ2n) is 6.09. The van der Waals surface area contributed by atoms with Crippen molar-refractivity contribution in [1.29, 1.82) is 0 Å². The monoisotopic (exact) mass is 348 g/mol. The van der Waals surface area contributed by atoms with Crippen LogP contribution in [0, 0.1) is 0 Å². The van der Waals surface area contributed by atoms with Crippen LogP contribution < -0.4 is 4.72 Å². The van der Waals surface area contributed by atoms with Crippen LogP contribution in [0.5, 0.6) is 0 Å². The second-order valence-corrected chi connectivity index (χ2v) is 7.82. The summed E-state index contributed by atoms with van der Waals surface area (Å²) in [5, 5.41) is 4.32. The van der Waals surface area contributed by atoms with Gasteiger partial charge in [-0.25, -0.2) is 22.9 Å². The largest absolute Gasteiger partial charge is 0.454 e. The van der Waals surface area contributed by atoms with Gasteiger partial charge in [-0.2, -0.15) is 5.10 Å². The van der Waals surface area contributed by atoms with E-state index >= 15 is 0 Å². The summed E-state index contributed by atoms with van der Waals surface area (Å²) in [6.45, 7) is 0.0257. The average molecular weight is 348 g/mol. The van der Waals surface area contributed by atoms with Crippen molar-refractivity contribution in [2.75, 3.05) is 4.72 Å². The minimum absolute atomic E-state index is 0.0257. The highest BCUT2D eigenvalue weighted by atomic mass is 32.2. The number of benzene rings is 1. The summed E-state index contributed by atoms with van der Waals surface area (Å²) >= 11 is 0. The molecule has 0 amide bonds. The topological polar surface area (TPSA) is 103 Å². The van der Waals surface area contributed by atoms with Crippen molar-refractivity contribution in [3.05, 3.63) is 41.0 Å². The third kappa shape index (κ3) is 2.86. The summed E-state index contributed by atoms with van der Waals surface area (Å²) in [5.41, 5.74) is 1.37. The maximum absolute atomic E-state index is 12.2. The zero-order valence-corrected chi connectivity index (χ0v) is 13.8. The highest BCUT2D eigenvalue weighted by Gasteiger charge is 2.29. The Hall–Kier alpha value is -2.42. The summed E-state index contributed by atoms with van der Waals surface area (Å²) in [4.78, 5) is 16.6. The molecule has 2 heterocycles. The van der Waals surface area contributed by atoms with Gasteiger partial charge in [0.05, 0.1) is 17.0 Å². The summed E-state index contributed by atoms with van der Waals surface area (Å²) in [7, 11) is -1.56. The van der Waals surface area contributed by atoms with Crippen LogP contribution in [0.4, 0.5) is 5.69 Å². The number of carbonyl (C=O) groups excluding carboxylic acids is 1. The fourth-order valence-corrected chi connectivity index (χ4v) is 3.88. The van der Waals surface area contributed by atoms with Crippen molar-refractivity contribution in [3.63, 3.8) is 0 Å². The molecule has 24 heavy (non-hydrogen) atoms. The van der Waals surface area contributed by atoms with E-state index in [1.54, 1.807) is 23.9 Å². The lowest BCUT2D eigenvalue weighted by atomic mass is 10.1. The van der Waals surface area contributed by atoms with Gasteiger partial charge in [0.1, 0.15) is 0 Å². The number of carbonyl (C=O) groups is 1. The predicted molar refractivity (Wildman–Crippen MR) is 84.8 cm³/mol. The Morgan fingerprint density at radius 2 is 2.21 bits per heavy atom. The molecule has 0 bridgehead atoms. The van der Waals surface area contributed by atoms with E-state index in [9.17, 15) is 13.2 Å². The standard InChI is InChI=1S/C15H16N4O4S/c1-19-13(16-14(17-19)9-2-3-9)7-23-15(20)10-4-5-11-8-24(21,22)18-12(11)6-10/h4-6,9,18H,2-3,7-8H2,1H3. The van der Waals surface area contributed by atoms with E-state index in [-0.39, 0.29) is 12.4 Å². The van der Waals surface area contributed by atoms with Crippen molar-refractivity contribution in [1.82, 2.24) is 14.8 Å². The van der Waals surface area contributed by atoms with Gasteiger partial charge in [0.25, 0.3) is 0 Å². The predicted octanol–water partition coefficient (Wildman–Crippen LogP) is 1.30. The molecule has 2 aliphatic rings. The Kier molecular flexibility index (Phi) is 3.34. The van der Waals surface area contributed by atoms with E-state index in [2.05, 4.69) is 14.8 Å². The van der Waals surface area contributed by atoms with Gasteiger partial charge < -0.3 is 4.74 Å². The van der Waals surface area contributed by atoms with Crippen LogP contribution in [-0.2, 0) is 34.2 Å². The van der Waals surface area contributed by atoms with E-state index < -0.39 is 16.0 Å². The fourth-order valence-electron chi connectivity index (χ4n) is 2.62. The molecule has 9 heteroatoms. The molecule has 1 aliphatic carbocycles. The number of esters is 1. The summed E-state index contributed by atoms with van der Waals surface area (Å²) in [6, 6.07) is 4.68. The first kappa shape index (κ1) is 15.1. The zero-order valence-electron chi connectivity index (χ0n) is 13.0. The van der Waals surface area contributed by atoms with Gasteiger partial charge in [0.15, 0.2) is 18.3 Å². The maximum atomic E-state index is 12.2. The molecule has 126 valence electrons. The van der Waals surface area contributed by atoms with E-state index in [1.165, 1.54) is 6.07 Å². The van der Waals surface area contributed by atoms with Crippen molar-refractivity contribution in [3.8, 4) is 0 Å². The van der Waals surface area contributed by atoms with Gasteiger partial charge in [0, 0.05) is 13.0 Å². The van der Waals surface area contributed by atoms with Crippen molar-refractivity contribution in [2.45, 2.75) is 31.1 Å². The number of anilines is 1. The van der Waals surface area contributed by atoms with Crippen molar-refractivity contribution < 1.29 is 17.9 Å². The third-order valence-electron chi connectivity index (χ3n) is 4.10. The number of sulfonamides is 1. The molecular formula is C15H16N4O4S. The number of hydrogen-bond acceptors (Lipinski definition) is 6. The van der Waals surface area contributed by atoms with Crippen LogP contribution in [0.25, 0.3) is 0 Å². The van der Waals surface area contributed by atoms with E-state index in [0.717, 1.165) is 18.7 Å². The van der Waals surface area contributed by atoms with Crippen LogP contribution in [0.1, 0.15) is 46.3 Å². The summed E-state index contributed by atoms with van der Waals surface area (Å²) in [6.07, 6.45) is 2.21. The lowest BCUT2D eigenvalue weighted by Crippen LogP contribution is -2.09. The Morgan fingerprint density at radius 1 is 1.42 bits per heavy atom.